The van der Waals surface area contributed by atoms with E-state index >= 15 is 0 Å². The molecule has 0 spiro atoms. The van der Waals surface area contributed by atoms with E-state index in [1.165, 1.54) is 33.2 Å². The maximum atomic E-state index is 6.22. The van der Waals surface area contributed by atoms with Gasteiger partial charge in [-0.25, -0.2) is 0 Å². The molecule has 2 aromatic heterocycles. The van der Waals surface area contributed by atoms with Crippen LogP contribution >= 0.6 is 0 Å². The van der Waals surface area contributed by atoms with Crippen LogP contribution in [0.5, 0.6) is 0 Å². The third-order valence-corrected chi connectivity index (χ3v) is 4.68. The number of aromatic nitrogens is 1. The summed E-state index contributed by atoms with van der Waals surface area (Å²) in [6, 6.07) is 17.2. The van der Waals surface area contributed by atoms with E-state index in [0.29, 0.717) is 0 Å². The fourth-order valence-corrected chi connectivity index (χ4v) is 3.64. The molecule has 2 nitrogen and oxygen atoms in total. The molecule has 2 aromatic carbocycles. The van der Waals surface area contributed by atoms with Gasteiger partial charge in [0, 0.05) is 28.8 Å². The lowest BCUT2D eigenvalue weighted by Crippen LogP contribution is -2.40. The summed E-state index contributed by atoms with van der Waals surface area (Å²) in [6.07, 6.45) is 3.29. The Morgan fingerprint density at radius 1 is 0.955 bits per heavy atom. The molecular formula is C20H16NO+. The first-order valence-electron chi connectivity index (χ1n) is 7.75. The van der Waals surface area contributed by atoms with Crippen LogP contribution in [0.3, 0.4) is 0 Å². The number of nitrogens with zero attached hydrogens (tertiary/aromatic N) is 1. The van der Waals surface area contributed by atoms with Crippen molar-refractivity contribution in [3.05, 3.63) is 65.9 Å². The van der Waals surface area contributed by atoms with Crippen LogP contribution in [-0.2, 0) is 13.0 Å². The summed E-state index contributed by atoms with van der Waals surface area (Å²) in [6.45, 7) is 3.18. The van der Waals surface area contributed by atoms with Gasteiger partial charge >= 0.3 is 0 Å². The van der Waals surface area contributed by atoms with Crippen molar-refractivity contribution >= 4 is 21.9 Å². The van der Waals surface area contributed by atoms with E-state index in [1.807, 2.05) is 12.1 Å². The highest BCUT2D eigenvalue weighted by molar-refractivity contribution is 6.09. The summed E-state index contributed by atoms with van der Waals surface area (Å²) >= 11 is 0. The van der Waals surface area contributed by atoms with Crippen LogP contribution in [0.15, 0.2) is 59.1 Å². The summed E-state index contributed by atoms with van der Waals surface area (Å²) < 4.78 is 8.58. The zero-order valence-corrected chi connectivity index (χ0v) is 12.5. The summed E-state index contributed by atoms with van der Waals surface area (Å²) in [5, 5.41) is 2.41. The normalized spacial score (nSPS) is 13.3. The second kappa shape index (κ2) is 4.20. The lowest BCUT2D eigenvalue weighted by Gasteiger charge is -2.15. The fourth-order valence-electron chi connectivity index (χ4n) is 3.64. The van der Waals surface area contributed by atoms with Gasteiger partial charge in [-0.05, 0) is 24.6 Å². The van der Waals surface area contributed by atoms with Crippen LogP contribution in [0, 0.1) is 6.92 Å². The molecule has 0 amide bonds. The van der Waals surface area contributed by atoms with Crippen LogP contribution in [0.25, 0.3) is 33.2 Å². The average molecular weight is 286 g/mol. The predicted molar refractivity (Wildman–Crippen MR) is 87.8 cm³/mol. The van der Waals surface area contributed by atoms with E-state index in [-0.39, 0.29) is 0 Å². The first-order chi connectivity index (χ1) is 10.8. The minimum absolute atomic E-state index is 0.968. The van der Waals surface area contributed by atoms with E-state index in [0.717, 1.165) is 24.1 Å². The third-order valence-electron chi connectivity index (χ3n) is 4.68. The van der Waals surface area contributed by atoms with Crippen LogP contribution < -0.4 is 4.57 Å². The highest BCUT2D eigenvalue weighted by atomic mass is 16.3. The van der Waals surface area contributed by atoms with Crippen LogP contribution in [0.2, 0.25) is 0 Å². The Morgan fingerprint density at radius 2 is 1.86 bits per heavy atom. The molecule has 0 atom stereocenters. The average Bonchev–Trinajstić information content (AvgIpc) is 2.93. The van der Waals surface area contributed by atoms with Gasteiger partial charge in [0.05, 0.1) is 5.56 Å². The van der Waals surface area contributed by atoms with Gasteiger partial charge in [0.15, 0.2) is 12.7 Å². The van der Waals surface area contributed by atoms with Crippen molar-refractivity contribution in [3.63, 3.8) is 0 Å². The van der Waals surface area contributed by atoms with Crippen LogP contribution in [0.1, 0.15) is 11.1 Å². The van der Waals surface area contributed by atoms with Crippen molar-refractivity contribution in [2.75, 3.05) is 0 Å². The summed E-state index contributed by atoms with van der Waals surface area (Å²) in [7, 11) is 0. The van der Waals surface area contributed by atoms with Gasteiger partial charge in [-0.1, -0.05) is 30.3 Å². The Balaban J connectivity index is 1.94. The van der Waals surface area contributed by atoms with Crippen molar-refractivity contribution in [3.8, 4) is 11.3 Å². The van der Waals surface area contributed by atoms with Gasteiger partial charge in [0.25, 0.3) is 0 Å². The molecule has 0 unspecified atom stereocenters. The zero-order valence-electron chi connectivity index (χ0n) is 12.5. The summed E-state index contributed by atoms with van der Waals surface area (Å²) in [4.78, 5) is 0. The SMILES string of the molecule is Cc1ccc2[n+](c1)CCc1ccc3c(oc4ccccc43)c1-2. The zero-order chi connectivity index (χ0) is 14.7. The maximum absolute atomic E-state index is 6.22. The molecule has 1 aliphatic heterocycles. The molecule has 0 aliphatic carbocycles. The molecule has 1 aliphatic rings. The van der Waals surface area contributed by atoms with Gasteiger partial charge in [-0.2, -0.15) is 4.57 Å². The first kappa shape index (κ1) is 12.0. The Kier molecular flexibility index (Phi) is 2.29. The minimum Gasteiger partial charge on any atom is -0.455 e. The van der Waals surface area contributed by atoms with Crippen LogP contribution in [-0.4, -0.2) is 0 Å². The lowest BCUT2D eigenvalue weighted by atomic mass is 9.94. The fraction of sp³-hybridized carbons (Fsp3) is 0.150. The molecule has 22 heavy (non-hydrogen) atoms. The Bertz CT molecular complexity index is 1040. The number of rotatable bonds is 0. The molecule has 3 heterocycles. The van der Waals surface area contributed by atoms with Gasteiger partial charge < -0.3 is 4.42 Å². The first-order valence-corrected chi connectivity index (χ1v) is 7.75. The summed E-state index contributed by atoms with van der Waals surface area (Å²) in [5.74, 6) is 0. The Hall–Kier alpha value is -2.61. The second-order valence-electron chi connectivity index (χ2n) is 6.11. The van der Waals surface area contributed by atoms with Gasteiger partial charge in [-0.3, -0.25) is 0 Å². The number of benzene rings is 2. The molecule has 106 valence electrons. The van der Waals surface area contributed by atoms with Crippen molar-refractivity contribution in [2.24, 2.45) is 0 Å². The Morgan fingerprint density at radius 3 is 2.82 bits per heavy atom. The maximum Gasteiger partial charge on any atom is 0.216 e. The molecule has 5 rings (SSSR count). The number of hydrogen-bond acceptors (Lipinski definition) is 1. The Labute approximate surface area is 128 Å². The predicted octanol–water partition coefficient (Wildman–Crippen LogP) is 4.41. The van der Waals surface area contributed by atoms with Gasteiger partial charge in [0.1, 0.15) is 11.2 Å². The molecule has 0 saturated heterocycles. The molecule has 4 aromatic rings. The van der Waals surface area contributed by atoms with Crippen molar-refractivity contribution in [2.45, 2.75) is 19.9 Å². The molecule has 0 N–H and O–H groups in total. The molecule has 0 fully saturated rings. The quantitative estimate of drug-likeness (QED) is 0.438. The number of aryl methyl sites for hydroxylation is 3. The highest BCUT2D eigenvalue weighted by Gasteiger charge is 2.27. The number of fused-ring (bicyclic) bond motifs is 7. The monoisotopic (exact) mass is 286 g/mol. The molecule has 0 radical (unpaired) electrons. The van der Waals surface area contributed by atoms with Gasteiger partial charge in [0.2, 0.25) is 5.69 Å². The molecule has 2 heteroatoms. The van der Waals surface area contributed by atoms with Crippen LogP contribution in [0.4, 0.5) is 0 Å². The van der Waals surface area contributed by atoms with Crippen molar-refractivity contribution in [1.82, 2.24) is 0 Å². The largest absolute Gasteiger partial charge is 0.455 e. The number of para-hydroxylation sites is 1. The smallest absolute Gasteiger partial charge is 0.216 e. The van der Waals surface area contributed by atoms with E-state index < -0.39 is 0 Å². The molecule has 0 saturated carbocycles. The minimum atomic E-state index is 0.968. The van der Waals surface area contributed by atoms with Crippen molar-refractivity contribution < 1.29 is 8.98 Å². The molecular weight excluding hydrogens is 270 g/mol. The topological polar surface area (TPSA) is 17.0 Å². The third kappa shape index (κ3) is 1.52. The summed E-state index contributed by atoms with van der Waals surface area (Å²) in [5.41, 5.74) is 7.20. The highest BCUT2D eigenvalue weighted by Crippen LogP contribution is 2.38. The van der Waals surface area contributed by atoms with Gasteiger partial charge in [-0.15, -0.1) is 0 Å². The lowest BCUT2D eigenvalue weighted by molar-refractivity contribution is -0.687. The second-order valence-corrected chi connectivity index (χ2v) is 6.11. The number of hydrogen-bond donors (Lipinski definition) is 0. The number of pyridine rings is 1. The van der Waals surface area contributed by atoms with E-state index in [1.54, 1.807) is 0 Å². The van der Waals surface area contributed by atoms with Crippen molar-refractivity contribution in [1.29, 1.82) is 0 Å². The molecule has 0 bridgehead atoms. The van der Waals surface area contributed by atoms with E-state index in [4.69, 9.17) is 4.42 Å². The van der Waals surface area contributed by atoms with E-state index in [2.05, 4.69) is 54.1 Å². The number of furan rings is 1. The van der Waals surface area contributed by atoms with E-state index in [9.17, 15) is 0 Å². The standard InChI is InChI=1S/C20H16NO/c1-13-6-9-17-19-14(10-11-21(17)12-13)7-8-16-15-4-2-3-5-18(15)22-20(16)19/h2-9,12H,10-11H2,1H3/q+1.